The smallest absolute Gasteiger partial charge is 0.242 e. The van der Waals surface area contributed by atoms with Crippen molar-refractivity contribution in [2.24, 2.45) is 0 Å². The fraction of sp³-hybridized carbons (Fsp3) is 0.308. The zero-order chi connectivity index (χ0) is 12.3. The van der Waals surface area contributed by atoms with E-state index >= 15 is 0 Å². The van der Waals surface area contributed by atoms with E-state index in [1.807, 2.05) is 12.1 Å². The summed E-state index contributed by atoms with van der Waals surface area (Å²) in [6, 6.07) is 7.25. The average Bonchev–Trinajstić information content (AvgIpc) is 2.15. The van der Waals surface area contributed by atoms with Crippen molar-refractivity contribution < 1.29 is 9.22 Å². The number of hydrogen-bond acceptors (Lipinski definition) is 2. The third-order valence-corrected chi connectivity index (χ3v) is 2.78. The summed E-state index contributed by atoms with van der Waals surface area (Å²) in [4.78, 5) is 11.6. The van der Waals surface area contributed by atoms with E-state index in [-0.39, 0.29) is 5.78 Å². The predicted molar refractivity (Wildman–Crippen MR) is 69.6 cm³/mol. The molecular formula is C13H18O2Si. The Morgan fingerprint density at radius 2 is 1.69 bits per heavy atom. The number of benzene rings is 1. The van der Waals surface area contributed by atoms with Crippen molar-refractivity contribution in [2.45, 2.75) is 26.6 Å². The largest absolute Gasteiger partial charge is 0.544 e. The minimum absolute atomic E-state index is 0.0143. The second kappa shape index (κ2) is 4.66. The van der Waals surface area contributed by atoms with Crippen molar-refractivity contribution in [1.82, 2.24) is 0 Å². The molecule has 3 heteroatoms. The highest BCUT2D eigenvalue weighted by Crippen LogP contribution is 2.18. The van der Waals surface area contributed by atoms with Gasteiger partial charge in [0, 0.05) is 5.56 Å². The third kappa shape index (κ3) is 3.66. The highest BCUT2D eigenvalue weighted by atomic mass is 28.4. The lowest BCUT2D eigenvalue weighted by atomic mass is 10.1. The zero-order valence-electron chi connectivity index (χ0n) is 10.3. The number of Topliss-reactive ketones (excluding diaryl/α,β-unsaturated/α-hetero) is 1. The summed E-state index contributed by atoms with van der Waals surface area (Å²) in [5.74, 6) is 0.817. The van der Waals surface area contributed by atoms with E-state index in [2.05, 4.69) is 26.2 Å². The molecule has 1 aromatic rings. The van der Waals surface area contributed by atoms with Gasteiger partial charge in [-0.3, -0.25) is 4.79 Å². The molecule has 0 saturated heterocycles. The molecule has 0 aliphatic heterocycles. The SMILES string of the molecule is C=C(C)C(=O)c1ccc(O[Si](C)(C)C)cc1. The van der Waals surface area contributed by atoms with Crippen LogP contribution in [-0.4, -0.2) is 14.1 Å². The quantitative estimate of drug-likeness (QED) is 0.451. The second-order valence-corrected chi connectivity index (χ2v) is 9.28. The molecular weight excluding hydrogens is 216 g/mol. The fourth-order valence-corrected chi connectivity index (χ4v) is 2.12. The summed E-state index contributed by atoms with van der Waals surface area (Å²) in [6.45, 7) is 11.7. The van der Waals surface area contributed by atoms with Gasteiger partial charge in [-0.2, -0.15) is 0 Å². The molecule has 0 bridgehead atoms. The molecule has 0 unspecified atom stereocenters. The maximum absolute atomic E-state index is 11.6. The summed E-state index contributed by atoms with van der Waals surface area (Å²) >= 11 is 0. The first-order valence-corrected chi connectivity index (χ1v) is 8.70. The van der Waals surface area contributed by atoms with E-state index in [0.29, 0.717) is 11.1 Å². The lowest BCUT2D eigenvalue weighted by Crippen LogP contribution is -2.29. The van der Waals surface area contributed by atoms with Gasteiger partial charge in [0.15, 0.2) is 5.78 Å². The third-order valence-electron chi connectivity index (χ3n) is 1.93. The lowest BCUT2D eigenvalue weighted by molar-refractivity contribution is 0.103. The van der Waals surface area contributed by atoms with Gasteiger partial charge in [0.1, 0.15) is 5.75 Å². The van der Waals surface area contributed by atoms with Crippen molar-refractivity contribution >= 4 is 14.1 Å². The van der Waals surface area contributed by atoms with Crippen LogP contribution in [0.15, 0.2) is 36.4 Å². The van der Waals surface area contributed by atoms with E-state index < -0.39 is 8.32 Å². The Hall–Kier alpha value is -1.35. The molecule has 0 atom stereocenters. The molecule has 1 rings (SSSR count). The Kier molecular flexibility index (Phi) is 3.70. The van der Waals surface area contributed by atoms with Gasteiger partial charge in [-0.15, -0.1) is 0 Å². The fourth-order valence-electron chi connectivity index (χ4n) is 1.27. The minimum atomic E-state index is -1.57. The molecule has 16 heavy (non-hydrogen) atoms. The van der Waals surface area contributed by atoms with Crippen molar-refractivity contribution in [3.63, 3.8) is 0 Å². The van der Waals surface area contributed by atoms with Crippen molar-refractivity contribution in [1.29, 1.82) is 0 Å². The molecule has 0 aliphatic carbocycles. The van der Waals surface area contributed by atoms with Gasteiger partial charge < -0.3 is 4.43 Å². The second-order valence-electron chi connectivity index (χ2n) is 4.85. The molecule has 0 N–H and O–H groups in total. The first kappa shape index (κ1) is 12.7. The molecule has 0 aromatic heterocycles. The van der Waals surface area contributed by atoms with Gasteiger partial charge in [0.05, 0.1) is 0 Å². The number of hydrogen-bond donors (Lipinski definition) is 0. The standard InChI is InChI=1S/C13H18O2Si/c1-10(2)13(14)11-6-8-12(9-7-11)15-16(3,4)5/h6-9H,1H2,2-5H3. The molecule has 0 fully saturated rings. The van der Waals surface area contributed by atoms with Gasteiger partial charge in [-0.25, -0.2) is 0 Å². The van der Waals surface area contributed by atoms with Crippen LogP contribution < -0.4 is 4.43 Å². The lowest BCUT2D eigenvalue weighted by Gasteiger charge is -2.19. The van der Waals surface area contributed by atoms with Crippen molar-refractivity contribution in [3.8, 4) is 5.75 Å². The Morgan fingerprint density at radius 1 is 1.19 bits per heavy atom. The van der Waals surface area contributed by atoms with E-state index in [1.54, 1.807) is 19.1 Å². The predicted octanol–water partition coefficient (Wildman–Crippen LogP) is 3.66. The highest BCUT2D eigenvalue weighted by Gasteiger charge is 2.16. The molecule has 0 amide bonds. The van der Waals surface area contributed by atoms with Gasteiger partial charge in [0.2, 0.25) is 8.32 Å². The van der Waals surface area contributed by atoms with Gasteiger partial charge in [0.25, 0.3) is 0 Å². The van der Waals surface area contributed by atoms with Crippen LogP contribution in [0.1, 0.15) is 17.3 Å². The normalized spacial score (nSPS) is 11.0. The maximum Gasteiger partial charge on any atom is 0.242 e. The molecule has 0 saturated carbocycles. The number of carbonyl (C=O) groups excluding carboxylic acids is 1. The molecule has 0 radical (unpaired) electrons. The minimum Gasteiger partial charge on any atom is -0.544 e. The highest BCUT2D eigenvalue weighted by molar-refractivity contribution is 6.70. The number of allylic oxidation sites excluding steroid dienone is 1. The van der Waals surface area contributed by atoms with Crippen LogP contribution in [0, 0.1) is 0 Å². The first-order valence-electron chi connectivity index (χ1n) is 5.29. The molecule has 0 aliphatic rings. The Bertz CT molecular complexity index is 399. The number of carbonyl (C=O) groups is 1. The average molecular weight is 234 g/mol. The number of ketones is 1. The summed E-state index contributed by atoms with van der Waals surface area (Å²) in [5.41, 5.74) is 1.22. The van der Waals surface area contributed by atoms with Crippen LogP contribution in [0.2, 0.25) is 19.6 Å². The summed E-state index contributed by atoms with van der Waals surface area (Å²) in [6.07, 6.45) is 0. The summed E-state index contributed by atoms with van der Waals surface area (Å²) in [5, 5.41) is 0. The maximum atomic E-state index is 11.6. The number of rotatable bonds is 4. The van der Waals surface area contributed by atoms with E-state index in [0.717, 1.165) is 5.75 Å². The zero-order valence-corrected chi connectivity index (χ0v) is 11.3. The Balaban J connectivity index is 2.84. The molecule has 0 heterocycles. The molecule has 0 spiro atoms. The van der Waals surface area contributed by atoms with Crippen LogP contribution >= 0.6 is 0 Å². The monoisotopic (exact) mass is 234 g/mol. The van der Waals surface area contributed by atoms with Crippen LogP contribution in [0.25, 0.3) is 0 Å². The van der Waals surface area contributed by atoms with Crippen LogP contribution in [0.5, 0.6) is 5.75 Å². The van der Waals surface area contributed by atoms with E-state index in [9.17, 15) is 4.79 Å². The summed E-state index contributed by atoms with van der Waals surface area (Å²) in [7, 11) is -1.57. The Labute approximate surface area is 98.1 Å². The molecule has 2 nitrogen and oxygen atoms in total. The van der Waals surface area contributed by atoms with Gasteiger partial charge >= 0.3 is 0 Å². The van der Waals surface area contributed by atoms with Gasteiger partial charge in [-0.05, 0) is 56.4 Å². The van der Waals surface area contributed by atoms with Crippen molar-refractivity contribution in [3.05, 3.63) is 42.0 Å². The Morgan fingerprint density at radius 3 is 2.06 bits per heavy atom. The topological polar surface area (TPSA) is 26.3 Å². The van der Waals surface area contributed by atoms with E-state index in [1.165, 1.54) is 0 Å². The first-order chi connectivity index (χ1) is 7.29. The van der Waals surface area contributed by atoms with Gasteiger partial charge in [-0.1, -0.05) is 6.58 Å². The molecule has 86 valence electrons. The van der Waals surface area contributed by atoms with Crippen LogP contribution in [-0.2, 0) is 0 Å². The van der Waals surface area contributed by atoms with Crippen molar-refractivity contribution in [2.75, 3.05) is 0 Å². The van der Waals surface area contributed by atoms with E-state index in [4.69, 9.17) is 4.43 Å². The summed E-state index contributed by atoms with van der Waals surface area (Å²) < 4.78 is 5.80. The van der Waals surface area contributed by atoms with Crippen LogP contribution in [0.4, 0.5) is 0 Å². The van der Waals surface area contributed by atoms with Crippen LogP contribution in [0.3, 0.4) is 0 Å². The molecule has 1 aromatic carbocycles.